The topological polar surface area (TPSA) is 59.4 Å². The number of aromatic nitrogens is 2. The zero-order chi connectivity index (χ0) is 20.4. The van der Waals surface area contributed by atoms with Crippen molar-refractivity contribution in [2.24, 2.45) is 0 Å². The summed E-state index contributed by atoms with van der Waals surface area (Å²) in [4.78, 5) is 13.0. The number of carbonyl (C=O) groups excluding carboxylic acids is 1. The number of halogens is 2. The molecule has 1 fully saturated rings. The van der Waals surface area contributed by atoms with Gasteiger partial charge in [-0.2, -0.15) is 5.10 Å². The average Bonchev–Trinajstić information content (AvgIpc) is 3.06. The first-order chi connectivity index (χ1) is 14.0. The van der Waals surface area contributed by atoms with E-state index in [0.29, 0.717) is 47.7 Å². The van der Waals surface area contributed by atoms with Crippen molar-refractivity contribution in [1.82, 2.24) is 20.2 Å². The van der Waals surface area contributed by atoms with Gasteiger partial charge >= 0.3 is 0 Å². The molecule has 6 nitrogen and oxygen atoms in total. The standard InChI is InChI=1S/C21H20Cl2N4O2/c1-14-19(21(28)25-26-9-11-29-12-10-26)24-27(18-8-7-16(22)13-17(18)23)20(14)15-5-3-2-4-6-15/h2-8,13H,9-12H2,1H3,(H,25,28). The van der Waals surface area contributed by atoms with E-state index in [-0.39, 0.29) is 5.91 Å². The van der Waals surface area contributed by atoms with E-state index in [2.05, 4.69) is 10.5 Å². The number of hydrogen-bond acceptors (Lipinski definition) is 4. The summed E-state index contributed by atoms with van der Waals surface area (Å²) >= 11 is 12.5. The van der Waals surface area contributed by atoms with Crippen molar-refractivity contribution >= 4 is 29.1 Å². The Morgan fingerprint density at radius 1 is 1.10 bits per heavy atom. The lowest BCUT2D eigenvalue weighted by Gasteiger charge is -2.26. The molecule has 8 heteroatoms. The maximum Gasteiger partial charge on any atom is 0.286 e. The molecule has 1 aromatic heterocycles. The first-order valence-electron chi connectivity index (χ1n) is 9.29. The maximum absolute atomic E-state index is 13.0. The molecule has 150 valence electrons. The SMILES string of the molecule is Cc1c(C(=O)NN2CCOCC2)nn(-c2ccc(Cl)cc2Cl)c1-c1ccccc1. The van der Waals surface area contributed by atoms with Gasteiger partial charge in [0.15, 0.2) is 5.69 Å². The Hall–Kier alpha value is -2.38. The highest BCUT2D eigenvalue weighted by Gasteiger charge is 2.24. The summed E-state index contributed by atoms with van der Waals surface area (Å²) in [5.74, 6) is -0.259. The fourth-order valence-electron chi connectivity index (χ4n) is 3.35. The van der Waals surface area contributed by atoms with E-state index in [4.69, 9.17) is 27.9 Å². The van der Waals surface area contributed by atoms with Crippen LogP contribution in [-0.4, -0.2) is 47.0 Å². The molecule has 0 saturated carbocycles. The normalized spacial score (nSPS) is 14.7. The third-order valence-corrected chi connectivity index (χ3v) is 5.33. The number of carbonyl (C=O) groups is 1. The van der Waals surface area contributed by atoms with Gasteiger partial charge in [-0.1, -0.05) is 53.5 Å². The lowest BCUT2D eigenvalue weighted by Crippen LogP contribution is -2.48. The summed E-state index contributed by atoms with van der Waals surface area (Å²) in [6.45, 7) is 4.34. The highest BCUT2D eigenvalue weighted by Crippen LogP contribution is 2.32. The molecule has 1 saturated heterocycles. The first kappa shape index (κ1) is 19.9. The molecule has 0 radical (unpaired) electrons. The number of hydrazine groups is 1. The predicted molar refractivity (Wildman–Crippen MR) is 114 cm³/mol. The third kappa shape index (κ3) is 4.16. The molecule has 4 rings (SSSR count). The number of benzene rings is 2. The lowest BCUT2D eigenvalue weighted by atomic mass is 10.1. The number of hydrogen-bond donors (Lipinski definition) is 1. The molecule has 1 N–H and O–H groups in total. The van der Waals surface area contributed by atoms with Gasteiger partial charge in [-0.15, -0.1) is 0 Å². The van der Waals surface area contributed by atoms with Crippen LogP contribution in [0, 0.1) is 6.92 Å². The van der Waals surface area contributed by atoms with Crippen LogP contribution in [0.3, 0.4) is 0 Å². The molecule has 1 aliphatic heterocycles. The maximum atomic E-state index is 13.0. The number of nitrogens with zero attached hydrogens (tertiary/aromatic N) is 3. The van der Waals surface area contributed by atoms with Gasteiger partial charge in [0, 0.05) is 29.2 Å². The number of rotatable bonds is 4. The molecule has 0 spiro atoms. The summed E-state index contributed by atoms with van der Waals surface area (Å²) in [6.07, 6.45) is 0. The van der Waals surface area contributed by atoms with Gasteiger partial charge in [0.25, 0.3) is 5.91 Å². The Balaban J connectivity index is 1.79. The second kappa shape index (κ2) is 8.55. The average molecular weight is 431 g/mol. The summed E-state index contributed by atoms with van der Waals surface area (Å²) in [5.41, 5.74) is 6.45. The smallest absolute Gasteiger partial charge is 0.286 e. The van der Waals surface area contributed by atoms with Gasteiger partial charge in [-0.3, -0.25) is 10.2 Å². The van der Waals surface area contributed by atoms with E-state index in [1.165, 1.54) is 0 Å². The van der Waals surface area contributed by atoms with E-state index < -0.39 is 0 Å². The Morgan fingerprint density at radius 2 is 1.83 bits per heavy atom. The van der Waals surface area contributed by atoms with Gasteiger partial charge in [0.2, 0.25) is 0 Å². The van der Waals surface area contributed by atoms with Crippen LogP contribution < -0.4 is 5.43 Å². The van der Waals surface area contributed by atoms with Gasteiger partial charge < -0.3 is 4.74 Å². The predicted octanol–water partition coefficient (Wildman–Crippen LogP) is 4.13. The van der Waals surface area contributed by atoms with Crippen molar-refractivity contribution in [3.05, 3.63) is 69.8 Å². The molecule has 1 amide bonds. The van der Waals surface area contributed by atoms with Crippen LogP contribution in [0.5, 0.6) is 0 Å². The van der Waals surface area contributed by atoms with Gasteiger partial charge in [-0.05, 0) is 25.1 Å². The zero-order valence-corrected chi connectivity index (χ0v) is 17.4. The molecule has 0 bridgehead atoms. The fraction of sp³-hybridized carbons (Fsp3) is 0.238. The molecule has 2 aromatic carbocycles. The monoisotopic (exact) mass is 430 g/mol. The van der Waals surface area contributed by atoms with E-state index in [1.807, 2.05) is 42.3 Å². The molecule has 0 aliphatic carbocycles. The molecule has 1 aliphatic rings. The van der Waals surface area contributed by atoms with Crippen molar-refractivity contribution in [3.63, 3.8) is 0 Å². The van der Waals surface area contributed by atoms with Crippen molar-refractivity contribution < 1.29 is 9.53 Å². The summed E-state index contributed by atoms with van der Waals surface area (Å²) in [7, 11) is 0. The Kier molecular flexibility index (Phi) is 5.87. The summed E-state index contributed by atoms with van der Waals surface area (Å²) in [6, 6.07) is 15.0. The summed E-state index contributed by atoms with van der Waals surface area (Å²) in [5, 5.41) is 7.47. The third-order valence-electron chi connectivity index (χ3n) is 4.79. The molecule has 0 unspecified atom stereocenters. The minimum atomic E-state index is -0.259. The number of morpholine rings is 1. The van der Waals surface area contributed by atoms with E-state index in [0.717, 1.165) is 16.8 Å². The number of ether oxygens (including phenoxy) is 1. The largest absolute Gasteiger partial charge is 0.379 e. The first-order valence-corrected chi connectivity index (χ1v) is 10.0. The van der Waals surface area contributed by atoms with Crippen molar-refractivity contribution in [3.8, 4) is 16.9 Å². The van der Waals surface area contributed by atoms with Crippen LogP contribution in [0.2, 0.25) is 10.0 Å². The highest BCUT2D eigenvalue weighted by molar-refractivity contribution is 6.35. The van der Waals surface area contributed by atoms with E-state index >= 15 is 0 Å². The fourth-order valence-corrected chi connectivity index (χ4v) is 3.83. The summed E-state index contributed by atoms with van der Waals surface area (Å²) < 4.78 is 7.04. The second-order valence-electron chi connectivity index (χ2n) is 6.74. The van der Waals surface area contributed by atoms with Gasteiger partial charge in [-0.25, -0.2) is 9.69 Å². The number of nitrogens with one attached hydrogen (secondary N) is 1. The van der Waals surface area contributed by atoms with Crippen LogP contribution in [0.4, 0.5) is 0 Å². The van der Waals surface area contributed by atoms with Gasteiger partial charge in [0.05, 0.1) is 29.6 Å². The highest BCUT2D eigenvalue weighted by atomic mass is 35.5. The van der Waals surface area contributed by atoms with Crippen LogP contribution in [-0.2, 0) is 4.74 Å². The second-order valence-corrected chi connectivity index (χ2v) is 7.58. The molecule has 0 atom stereocenters. The Bertz CT molecular complexity index is 1030. The molecule has 3 aromatic rings. The lowest BCUT2D eigenvalue weighted by molar-refractivity contribution is 0.0124. The minimum Gasteiger partial charge on any atom is -0.379 e. The quantitative estimate of drug-likeness (QED) is 0.675. The van der Waals surface area contributed by atoms with E-state index in [1.54, 1.807) is 22.9 Å². The number of amides is 1. The van der Waals surface area contributed by atoms with Gasteiger partial charge in [0.1, 0.15) is 0 Å². The van der Waals surface area contributed by atoms with Crippen molar-refractivity contribution in [1.29, 1.82) is 0 Å². The minimum absolute atomic E-state index is 0.259. The van der Waals surface area contributed by atoms with Crippen molar-refractivity contribution in [2.45, 2.75) is 6.92 Å². The molecular formula is C21H20Cl2N4O2. The van der Waals surface area contributed by atoms with Crippen LogP contribution in [0.15, 0.2) is 48.5 Å². The molecular weight excluding hydrogens is 411 g/mol. The van der Waals surface area contributed by atoms with Crippen molar-refractivity contribution in [2.75, 3.05) is 26.3 Å². The van der Waals surface area contributed by atoms with Crippen LogP contribution in [0.25, 0.3) is 16.9 Å². The zero-order valence-electron chi connectivity index (χ0n) is 15.9. The van der Waals surface area contributed by atoms with Crippen LogP contribution in [0.1, 0.15) is 16.1 Å². The Labute approximate surface area is 178 Å². The molecule has 29 heavy (non-hydrogen) atoms. The van der Waals surface area contributed by atoms with E-state index in [9.17, 15) is 4.79 Å². The van der Waals surface area contributed by atoms with Crippen LogP contribution >= 0.6 is 23.2 Å². The Morgan fingerprint density at radius 3 is 2.52 bits per heavy atom. The molecule has 2 heterocycles.